The van der Waals surface area contributed by atoms with Crippen molar-refractivity contribution in [2.75, 3.05) is 4.72 Å². The van der Waals surface area contributed by atoms with Crippen LogP contribution < -0.4 is 4.72 Å². The van der Waals surface area contributed by atoms with E-state index in [1.807, 2.05) is 11.4 Å². The van der Waals surface area contributed by atoms with Crippen LogP contribution in [0.15, 0.2) is 52.9 Å². The first-order chi connectivity index (χ1) is 8.65. The first-order valence-electron chi connectivity index (χ1n) is 5.29. The molecule has 2 aromatic heterocycles. The molecular formula is C12H10N2O2S2. The molecule has 0 spiro atoms. The topological polar surface area (TPSA) is 62.0 Å². The highest BCUT2D eigenvalue weighted by molar-refractivity contribution is 7.93. The van der Waals surface area contributed by atoms with Crippen molar-refractivity contribution >= 4 is 37.3 Å². The quantitative estimate of drug-likeness (QED) is 0.773. The average Bonchev–Trinajstić information content (AvgIpc) is 2.97. The number of aromatic nitrogens is 1. The van der Waals surface area contributed by atoms with Gasteiger partial charge in [-0.15, -0.1) is 11.3 Å². The van der Waals surface area contributed by atoms with E-state index in [9.17, 15) is 8.42 Å². The van der Waals surface area contributed by atoms with Gasteiger partial charge in [-0.05, 0) is 41.8 Å². The zero-order valence-electron chi connectivity index (χ0n) is 9.25. The molecule has 2 heterocycles. The molecule has 0 aliphatic carbocycles. The number of hydrogen-bond donors (Lipinski definition) is 2. The zero-order valence-corrected chi connectivity index (χ0v) is 10.9. The lowest BCUT2D eigenvalue weighted by Gasteiger charge is -2.05. The fourth-order valence-corrected chi connectivity index (χ4v) is 3.69. The second-order valence-corrected chi connectivity index (χ2v) is 6.44. The minimum atomic E-state index is -3.51. The SMILES string of the molecule is O=S(=O)(Nc1cccs1)c1ccc2[nH]ccc2c1. The summed E-state index contributed by atoms with van der Waals surface area (Å²) in [5, 5.41) is 3.32. The number of fused-ring (bicyclic) bond motifs is 1. The van der Waals surface area contributed by atoms with Crippen molar-refractivity contribution in [3.8, 4) is 0 Å². The predicted molar refractivity (Wildman–Crippen MR) is 73.4 cm³/mol. The Labute approximate surface area is 108 Å². The van der Waals surface area contributed by atoms with Crippen LogP contribution in [0.1, 0.15) is 0 Å². The third-order valence-corrected chi connectivity index (χ3v) is 4.87. The van der Waals surface area contributed by atoms with Crippen molar-refractivity contribution in [3.63, 3.8) is 0 Å². The molecule has 1 aromatic carbocycles. The van der Waals surface area contributed by atoms with Gasteiger partial charge < -0.3 is 4.98 Å². The lowest BCUT2D eigenvalue weighted by atomic mass is 10.2. The summed E-state index contributed by atoms with van der Waals surface area (Å²) >= 11 is 1.35. The Balaban J connectivity index is 2.02. The first-order valence-corrected chi connectivity index (χ1v) is 7.65. The molecule has 3 aromatic rings. The van der Waals surface area contributed by atoms with Gasteiger partial charge in [-0.2, -0.15) is 0 Å². The van der Waals surface area contributed by atoms with Crippen LogP contribution in [-0.4, -0.2) is 13.4 Å². The van der Waals surface area contributed by atoms with Crippen molar-refractivity contribution in [1.82, 2.24) is 4.98 Å². The fourth-order valence-electron chi connectivity index (χ4n) is 1.73. The lowest BCUT2D eigenvalue weighted by Crippen LogP contribution is -2.11. The number of aromatic amines is 1. The predicted octanol–water partition coefficient (Wildman–Crippen LogP) is 3.03. The standard InChI is InChI=1S/C12H10N2O2S2/c15-18(16,14-12-2-1-7-17-12)10-3-4-11-9(8-10)5-6-13-11/h1-8,13-14H. The maximum Gasteiger partial charge on any atom is 0.262 e. The zero-order chi connectivity index (χ0) is 12.6. The Kier molecular flexibility index (Phi) is 2.61. The Morgan fingerprint density at radius 2 is 2.06 bits per heavy atom. The van der Waals surface area contributed by atoms with Crippen LogP contribution in [0.4, 0.5) is 5.00 Å². The van der Waals surface area contributed by atoms with Crippen molar-refractivity contribution in [2.24, 2.45) is 0 Å². The van der Waals surface area contributed by atoms with Crippen molar-refractivity contribution in [2.45, 2.75) is 4.90 Å². The van der Waals surface area contributed by atoms with E-state index in [-0.39, 0.29) is 4.90 Å². The van der Waals surface area contributed by atoms with E-state index >= 15 is 0 Å². The number of benzene rings is 1. The Morgan fingerprint density at radius 1 is 1.17 bits per heavy atom. The Hall–Kier alpha value is -1.79. The second-order valence-electron chi connectivity index (χ2n) is 3.81. The van der Waals surface area contributed by atoms with Gasteiger partial charge in [-0.25, -0.2) is 8.42 Å². The molecule has 3 rings (SSSR count). The molecule has 0 aliphatic rings. The van der Waals surface area contributed by atoms with Crippen LogP contribution in [0.25, 0.3) is 10.9 Å². The highest BCUT2D eigenvalue weighted by Gasteiger charge is 2.15. The molecule has 0 bridgehead atoms. The van der Waals surface area contributed by atoms with Crippen LogP contribution in [0, 0.1) is 0 Å². The first kappa shape index (κ1) is 11.3. The van der Waals surface area contributed by atoms with E-state index < -0.39 is 10.0 Å². The maximum absolute atomic E-state index is 12.2. The van der Waals surface area contributed by atoms with Crippen LogP contribution in [0.3, 0.4) is 0 Å². The summed E-state index contributed by atoms with van der Waals surface area (Å²) in [4.78, 5) is 3.30. The van der Waals surface area contributed by atoms with Gasteiger partial charge in [0.25, 0.3) is 10.0 Å². The van der Waals surface area contributed by atoms with Crippen molar-refractivity contribution in [3.05, 3.63) is 48.0 Å². The Morgan fingerprint density at radius 3 is 2.83 bits per heavy atom. The summed E-state index contributed by atoms with van der Waals surface area (Å²) in [5.41, 5.74) is 0.921. The monoisotopic (exact) mass is 278 g/mol. The van der Waals surface area contributed by atoms with Gasteiger partial charge >= 0.3 is 0 Å². The van der Waals surface area contributed by atoms with E-state index in [1.54, 1.807) is 36.5 Å². The summed E-state index contributed by atoms with van der Waals surface area (Å²) in [6.45, 7) is 0. The summed E-state index contributed by atoms with van der Waals surface area (Å²) in [6.07, 6.45) is 1.79. The number of thiophene rings is 1. The van der Waals surface area contributed by atoms with E-state index in [2.05, 4.69) is 9.71 Å². The molecule has 0 saturated carbocycles. The molecule has 6 heteroatoms. The summed E-state index contributed by atoms with van der Waals surface area (Å²) < 4.78 is 26.9. The fraction of sp³-hybridized carbons (Fsp3) is 0. The number of hydrogen-bond acceptors (Lipinski definition) is 3. The molecule has 2 N–H and O–H groups in total. The van der Waals surface area contributed by atoms with Gasteiger partial charge in [0.2, 0.25) is 0 Å². The number of sulfonamides is 1. The number of rotatable bonds is 3. The summed E-state index contributed by atoms with van der Waals surface area (Å²) in [7, 11) is -3.51. The third kappa shape index (κ3) is 2.00. The minimum Gasteiger partial charge on any atom is -0.361 e. The van der Waals surface area contributed by atoms with Crippen molar-refractivity contribution < 1.29 is 8.42 Å². The van der Waals surface area contributed by atoms with E-state index in [4.69, 9.17) is 0 Å². The number of H-pyrrole nitrogens is 1. The molecule has 0 aliphatic heterocycles. The molecule has 0 radical (unpaired) electrons. The normalized spacial score (nSPS) is 11.8. The van der Waals surface area contributed by atoms with Gasteiger partial charge in [-0.3, -0.25) is 4.72 Å². The van der Waals surface area contributed by atoms with Crippen LogP contribution in [0.2, 0.25) is 0 Å². The van der Waals surface area contributed by atoms with Gasteiger partial charge in [-0.1, -0.05) is 0 Å². The number of nitrogens with one attached hydrogen (secondary N) is 2. The Bertz CT molecular complexity index is 773. The largest absolute Gasteiger partial charge is 0.361 e. The van der Waals surface area contributed by atoms with Gasteiger partial charge in [0.15, 0.2) is 0 Å². The smallest absolute Gasteiger partial charge is 0.262 e. The maximum atomic E-state index is 12.2. The van der Waals surface area contributed by atoms with Gasteiger partial charge in [0, 0.05) is 17.1 Å². The van der Waals surface area contributed by atoms with Crippen LogP contribution in [0.5, 0.6) is 0 Å². The second kappa shape index (κ2) is 4.15. The molecular weight excluding hydrogens is 268 g/mol. The van der Waals surface area contributed by atoms with E-state index in [0.29, 0.717) is 5.00 Å². The molecule has 4 nitrogen and oxygen atoms in total. The molecule has 18 heavy (non-hydrogen) atoms. The van der Waals surface area contributed by atoms with Gasteiger partial charge in [0.05, 0.1) is 4.90 Å². The van der Waals surface area contributed by atoms with E-state index in [0.717, 1.165) is 10.9 Å². The highest BCUT2D eigenvalue weighted by atomic mass is 32.2. The number of anilines is 1. The van der Waals surface area contributed by atoms with Crippen molar-refractivity contribution in [1.29, 1.82) is 0 Å². The molecule has 0 amide bonds. The molecule has 0 fully saturated rings. The molecule has 0 unspecified atom stereocenters. The summed E-state index contributed by atoms with van der Waals surface area (Å²) in [5.74, 6) is 0. The highest BCUT2D eigenvalue weighted by Crippen LogP contribution is 2.23. The van der Waals surface area contributed by atoms with Gasteiger partial charge in [0.1, 0.15) is 5.00 Å². The average molecular weight is 278 g/mol. The van der Waals surface area contributed by atoms with Crippen LogP contribution in [-0.2, 0) is 10.0 Å². The molecule has 92 valence electrons. The lowest BCUT2D eigenvalue weighted by molar-refractivity contribution is 0.601. The van der Waals surface area contributed by atoms with Crippen LogP contribution >= 0.6 is 11.3 Å². The minimum absolute atomic E-state index is 0.267. The third-order valence-electron chi connectivity index (χ3n) is 2.59. The molecule has 0 saturated heterocycles. The summed E-state index contributed by atoms with van der Waals surface area (Å²) in [6, 6.07) is 10.4. The molecule has 0 atom stereocenters. The van der Waals surface area contributed by atoms with E-state index in [1.165, 1.54) is 11.3 Å².